The molecule has 94 valence electrons. The lowest BCUT2D eigenvalue weighted by Crippen LogP contribution is -2.13. The molecule has 0 aliphatic carbocycles. The number of anilines is 1. The average molecular weight is 260 g/mol. The van der Waals surface area contributed by atoms with Crippen LogP contribution >= 0.6 is 11.3 Å². The van der Waals surface area contributed by atoms with Gasteiger partial charge in [-0.05, 0) is 24.0 Å². The molecule has 1 amide bonds. The van der Waals surface area contributed by atoms with Gasteiger partial charge in [-0.25, -0.2) is 0 Å². The molecule has 1 aromatic heterocycles. The molecule has 4 heteroatoms. The highest BCUT2D eigenvalue weighted by atomic mass is 32.1. The van der Waals surface area contributed by atoms with E-state index in [4.69, 9.17) is 0 Å². The van der Waals surface area contributed by atoms with Crippen molar-refractivity contribution in [2.24, 2.45) is 0 Å². The number of carbonyl (C=O) groups is 1. The number of nitrogens with one attached hydrogen (secondary N) is 1. The lowest BCUT2D eigenvalue weighted by Gasteiger charge is -2.13. The summed E-state index contributed by atoms with van der Waals surface area (Å²) in [7, 11) is 0. The highest BCUT2D eigenvalue weighted by Gasteiger charge is 2.12. The Kier molecular flexibility index (Phi) is 4.10. The molecule has 0 bridgehead atoms. The van der Waals surface area contributed by atoms with Crippen LogP contribution in [-0.4, -0.2) is 10.9 Å². The summed E-state index contributed by atoms with van der Waals surface area (Å²) in [5, 5.41) is 3.01. The normalized spacial score (nSPS) is 10.3. The Morgan fingerprint density at radius 3 is 2.44 bits per heavy atom. The Morgan fingerprint density at radius 2 is 1.94 bits per heavy atom. The summed E-state index contributed by atoms with van der Waals surface area (Å²) in [5.74, 6) is -0.0758. The monoisotopic (exact) mass is 260 g/mol. The van der Waals surface area contributed by atoms with E-state index < -0.39 is 0 Å². The second kappa shape index (κ2) is 5.78. The number of thiazole rings is 1. The largest absolute Gasteiger partial charge is 0.321 e. The number of para-hydroxylation sites is 1. The van der Waals surface area contributed by atoms with Crippen molar-refractivity contribution >= 4 is 22.9 Å². The smallest absolute Gasteiger partial charge is 0.267 e. The van der Waals surface area contributed by atoms with Gasteiger partial charge in [0.05, 0.1) is 11.7 Å². The first kappa shape index (κ1) is 12.8. The molecule has 0 aliphatic heterocycles. The van der Waals surface area contributed by atoms with Gasteiger partial charge in [0.25, 0.3) is 5.91 Å². The maximum Gasteiger partial charge on any atom is 0.267 e. The van der Waals surface area contributed by atoms with Gasteiger partial charge in [0, 0.05) is 5.69 Å². The minimum absolute atomic E-state index is 0.0758. The highest BCUT2D eigenvalue weighted by molar-refractivity contribution is 7.11. The van der Waals surface area contributed by atoms with Crippen molar-refractivity contribution in [1.29, 1.82) is 0 Å². The lowest BCUT2D eigenvalue weighted by molar-refractivity contribution is 0.103. The minimum Gasteiger partial charge on any atom is -0.321 e. The third-order valence-electron chi connectivity index (χ3n) is 2.89. The topological polar surface area (TPSA) is 42.0 Å². The molecule has 0 unspecified atom stereocenters. The van der Waals surface area contributed by atoms with Crippen LogP contribution in [0.25, 0.3) is 0 Å². The standard InChI is InChI=1S/C14H16N2OS/c1-3-10-6-5-7-11(4-2)13(10)16-14(17)12-8-15-9-18-12/h5-9H,3-4H2,1-2H3,(H,16,17). The predicted molar refractivity (Wildman–Crippen MR) is 75.3 cm³/mol. The quantitative estimate of drug-likeness (QED) is 0.914. The Hall–Kier alpha value is -1.68. The van der Waals surface area contributed by atoms with Crippen molar-refractivity contribution in [2.75, 3.05) is 5.32 Å². The Balaban J connectivity index is 2.30. The number of hydrogen-bond donors (Lipinski definition) is 1. The van der Waals surface area contributed by atoms with Crippen LogP contribution in [0.4, 0.5) is 5.69 Å². The van der Waals surface area contributed by atoms with Crippen molar-refractivity contribution in [3.05, 3.63) is 45.9 Å². The van der Waals surface area contributed by atoms with E-state index in [1.165, 1.54) is 22.5 Å². The van der Waals surface area contributed by atoms with Crippen LogP contribution in [-0.2, 0) is 12.8 Å². The molecule has 2 aromatic rings. The molecule has 1 aromatic carbocycles. The van der Waals surface area contributed by atoms with Gasteiger partial charge < -0.3 is 5.32 Å². The molecule has 1 heterocycles. The van der Waals surface area contributed by atoms with Crippen molar-refractivity contribution in [2.45, 2.75) is 26.7 Å². The fourth-order valence-electron chi connectivity index (χ4n) is 1.91. The summed E-state index contributed by atoms with van der Waals surface area (Å²) in [6.45, 7) is 4.19. The molecule has 0 aliphatic rings. The average Bonchev–Trinajstić information content (AvgIpc) is 2.93. The molecule has 0 atom stereocenters. The Bertz CT molecular complexity index is 512. The van der Waals surface area contributed by atoms with Crippen LogP contribution in [0.5, 0.6) is 0 Å². The van der Waals surface area contributed by atoms with Crippen molar-refractivity contribution < 1.29 is 4.79 Å². The second-order valence-electron chi connectivity index (χ2n) is 3.98. The number of aryl methyl sites for hydroxylation is 2. The molecule has 0 spiro atoms. The molecule has 0 saturated carbocycles. The number of aromatic nitrogens is 1. The Morgan fingerprint density at radius 1 is 1.28 bits per heavy atom. The first-order chi connectivity index (χ1) is 8.76. The van der Waals surface area contributed by atoms with E-state index in [2.05, 4.69) is 36.3 Å². The van der Waals surface area contributed by atoms with E-state index >= 15 is 0 Å². The summed E-state index contributed by atoms with van der Waals surface area (Å²) in [6.07, 6.45) is 3.42. The summed E-state index contributed by atoms with van der Waals surface area (Å²) < 4.78 is 0. The van der Waals surface area contributed by atoms with Crippen LogP contribution < -0.4 is 5.32 Å². The number of nitrogens with zero attached hydrogens (tertiary/aromatic N) is 1. The van der Waals surface area contributed by atoms with E-state index in [0.717, 1.165) is 18.5 Å². The third kappa shape index (κ3) is 2.59. The van der Waals surface area contributed by atoms with Crippen LogP contribution in [0.3, 0.4) is 0 Å². The second-order valence-corrected chi connectivity index (χ2v) is 4.86. The highest BCUT2D eigenvalue weighted by Crippen LogP contribution is 2.23. The zero-order valence-electron chi connectivity index (χ0n) is 10.6. The fourth-order valence-corrected chi connectivity index (χ4v) is 2.42. The summed E-state index contributed by atoms with van der Waals surface area (Å²) in [4.78, 5) is 16.6. The molecular weight excluding hydrogens is 244 g/mol. The minimum atomic E-state index is -0.0758. The lowest BCUT2D eigenvalue weighted by atomic mass is 10.0. The molecule has 3 nitrogen and oxygen atoms in total. The van der Waals surface area contributed by atoms with Crippen molar-refractivity contribution in [3.63, 3.8) is 0 Å². The number of amides is 1. The molecular formula is C14H16N2OS. The first-order valence-electron chi connectivity index (χ1n) is 6.06. The van der Waals surface area contributed by atoms with E-state index in [9.17, 15) is 4.79 Å². The van der Waals surface area contributed by atoms with Crippen LogP contribution in [0, 0.1) is 0 Å². The van der Waals surface area contributed by atoms with Crippen molar-refractivity contribution in [1.82, 2.24) is 4.98 Å². The van der Waals surface area contributed by atoms with Crippen LogP contribution in [0.1, 0.15) is 34.6 Å². The first-order valence-corrected chi connectivity index (χ1v) is 6.94. The van der Waals surface area contributed by atoms with Gasteiger partial charge in [-0.1, -0.05) is 32.0 Å². The number of carbonyl (C=O) groups excluding carboxylic acids is 1. The molecule has 0 radical (unpaired) electrons. The van der Waals surface area contributed by atoms with E-state index in [-0.39, 0.29) is 5.91 Å². The van der Waals surface area contributed by atoms with Gasteiger partial charge in [-0.15, -0.1) is 11.3 Å². The molecule has 1 N–H and O–H groups in total. The Labute approximate surface area is 111 Å². The summed E-state index contributed by atoms with van der Waals surface area (Å²) in [6, 6.07) is 6.16. The van der Waals surface area contributed by atoms with Crippen LogP contribution in [0.2, 0.25) is 0 Å². The van der Waals surface area contributed by atoms with E-state index in [1.54, 1.807) is 11.7 Å². The number of hydrogen-bond acceptors (Lipinski definition) is 3. The van der Waals surface area contributed by atoms with Gasteiger partial charge in [-0.2, -0.15) is 0 Å². The predicted octanol–water partition coefficient (Wildman–Crippen LogP) is 3.52. The maximum absolute atomic E-state index is 12.1. The summed E-state index contributed by atoms with van der Waals surface area (Å²) >= 11 is 1.35. The van der Waals surface area contributed by atoms with Crippen molar-refractivity contribution in [3.8, 4) is 0 Å². The van der Waals surface area contributed by atoms with E-state index in [1.807, 2.05) is 6.07 Å². The van der Waals surface area contributed by atoms with Gasteiger partial charge in [0.15, 0.2) is 0 Å². The van der Waals surface area contributed by atoms with Gasteiger partial charge in [-0.3, -0.25) is 9.78 Å². The fraction of sp³-hybridized carbons (Fsp3) is 0.286. The molecule has 0 fully saturated rings. The SMILES string of the molecule is CCc1cccc(CC)c1NC(=O)c1cncs1. The number of rotatable bonds is 4. The van der Waals surface area contributed by atoms with Gasteiger partial charge >= 0.3 is 0 Å². The van der Waals surface area contributed by atoms with Crippen LogP contribution in [0.15, 0.2) is 29.9 Å². The summed E-state index contributed by atoms with van der Waals surface area (Å²) in [5.41, 5.74) is 4.97. The maximum atomic E-state index is 12.1. The zero-order valence-corrected chi connectivity index (χ0v) is 11.4. The van der Waals surface area contributed by atoms with Gasteiger partial charge in [0.1, 0.15) is 4.88 Å². The zero-order chi connectivity index (χ0) is 13.0. The van der Waals surface area contributed by atoms with E-state index in [0.29, 0.717) is 4.88 Å². The molecule has 2 rings (SSSR count). The third-order valence-corrected chi connectivity index (χ3v) is 3.67. The molecule has 18 heavy (non-hydrogen) atoms. The van der Waals surface area contributed by atoms with Gasteiger partial charge in [0.2, 0.25) is 0 Å². The number of benzene rings is 1. The molecule has 0 saturated heterocycles.